The van der Waals surface area contributed by atoms with E-state index in [0.29, 0.717) is 0 Å². The van der Waals surface area contributed by atoms with E-state index in [1.807, 2.05) is 24.3 Å². The molecule has 0 N–H and O–H groups in total. The maximum Gasteiger partial charge on any atom is 0.0406 e. The fraction of sp³-hybridized carbons (Fsp3) is 0. The van der Waals surface area contributed by atoms with Gasteiger partial charge in [-0.1, -0.05) is 29.8 Å². The molecule has 1 aromatic heterocycles. The molecule has 0 fully saturated rings. The SMILES string of the molecule is Clc1ccc(-c2cccs2)cc1.S. The molecule has 2 aromatic rings. The van der Waals surface area contributed by atoms with E-state index in [2.05, 4.69) is 17.5 Å². The first-order valence-electron chi connectivity index (χ1n) is 3.66. The van der Waals surface area contributed by atoms with Crippen LogP contribution < -0.4 is 0 Å². The van der Waals surface area contributed by atoms with Crippen LogP contribution in [-0.4, -0.2) is 0 Å². The summed E-state index contributed by atoms with van der Waals surface area (Å²) < 4.78 is 0. The van der Waals surface area contributed by atoms with Crippen LogP contribution in [0.3, 0.4) is 0 Å². The molecule has 0 saturated heterocycles. The minimum atomic E-state index is 0. The summed E-state index contributed by atoms with van der Waals surface area (Å²) in [5.74, 6) is 0. The molecule has 0 aliphatic carbocycles. The van der Waals surface area contributed by atoms with Gasteiger partial charge in [0.2, 0.25) is 0 Å². The van der Waals surface area contributed by atoms with Crippen LogP contribution in [0.1, 0.15) is 0 Å². The summed E-state index contributed by atoms with van der Waals surface area (Å²) in [7, 11) is 0. The summed E-state index contributed by atoms with van der Waals surface area (Å²) in [6.07, 6.45) is 0. The van der Waals surface area contributed by atoms with E-state index in [4.69, 9.17) is 11.6 Å². The molecule has 0 unspecified atom stereocenters. The number of halogens is 1. The lowest BCUT2D eigenvalue weighted by Crippen LogP contribution is -1.69. The third-order valence-electron chi connectivity index (χ3n) is 1.65. The van der Waals surface area contributed by atoms with E-state index in [0.717, 1.165) is 5.02 Å². The Bertz CT molecular complexity index is 351. The molecule has 0 atom stereocenters. The van der Waals surface area contributed by atoms with Gasteiger partial charge in [-0.3, -0.25) is 0 Å². The maximum absolute atomic E-state index is 5.78. The van der Waals surface area contributed by atoms with Gasteiger partial charge in [0.1, 0.15) is 0 Å². The fourth-order valence-corrected chi connectivity index (χ4v) is 1.92. The minimum absolute atomic E-state index is 0. The van der Waals surface area contributed by atoms with Crippen LogP contribution in [0.25, 0.3) is 10.4 Å². The second kappa shape index (κ2) is 4.70. The molecule has 3 heteroatoms. The number of hydrogen-bond donors (Lipinski definition) is 0. The van der Waals surface area contributed by atoms with Crippen molar-refractivity contribution < 1.29 is 0 Å². The zero-order chi connectivity index (χ0) is 8.39. The second-order valence-electron chi connectivity index (χ2n) is 2.48. The Morgan fingerprint density at radius 3 is 2.23 bits per heavy atom. The van der Waals surface area contributed by atoms with Crippen LogP contribution in [-0.2, 0) is 0 Å². The third kappa shape index (κ3) is 2.50. The van der Waals surface area contributed by atoms with Crippen molar-refractivity contribution >= 4 is 36.4 Å². The Balaban J connectivity index is 0.000000845. The Hall–Kier alpha value is -0.440. The van der Waals surface area contributed by atoms with Crippen molar-refractivity contribution in [3.63, 3.8) is 0 Å². The summed E-state index contributed by atoms with van der Waals surface area (Å²) in [4.78, 5) is 1.28. The molecule has 0 aliphatic rings. The molecular weight excluding hydrogens is 220 g/mol. The van der Waals surface area contributed by atoms with Crippen LogP contribution in [0, 0.1) is 0 Å². The lowest BCUT2D eigenvalue weighted by Gasteiger charge is -1.95. The molecule has 0 spiro atoms. The number of thiophene rings is 1. The molecule has 0 aliphatic heterocycles. The first-order chi connectivity index (χ1) is 5.86. The molecule has 1 aromatic carbocycles. The molecule has 0 radical (unpaired) electrons. The average molecular weight is 229 g/mol. The summed E-state index contributed by atoms with van der Waals surface area (Å²) in [6.45, 7) is 0. The van der Waals surface area contributed by atoms with E-state index in [1.54, 1.807) is 11.3 Å². The first kappa shape index (κ1) is 10.6. The molecular formula is C10H9ClS2. The normalized spacial score (nSPS) is 9.31. The lowest BCUT2D eigenvalue weighted by atomic mass is 10.2. The van der Waals surface area contributed by atoms with Gasteiger partial charge in [-0.05, 0) is 29.1 Å². The van der Waals surface area contributed by atoms with E-state index in [-0.39, 0.29) is 13.5 Å². The van der Waals surface area contributed by atoms with E-state index >= 15 is 0 Å². The van der Waals surface area contributed by atoms with Gasteiger partial charge in [0.05, 0.1) is 0 Å². The first-order valence-corrected chi connectivity index (χ1v) is 4.91. The van der Waals surface area contributed by atoms with Crippen molar-refractivity contribution in [3.8, 4) is 10.4 Å². The van der Waals surface area contributed by atoms with Crippen molar-refractivity contribution in [2.45, 2.75) is 0 Å². The summed E-state index contributed by atoms with van der Waals surface area (Å²) in [5.41, 5.74) is 1.23. The molecule has 0 saturated carbocycles. The molecule has 13 heavy (non-hydrogen) atoms. The highest BCUT2D eigenvalue weighted by atomic mass is 35.5. The van der Waals surface area contributed by atoms with Gasteiger partial charge in [0.15, 0.2) is 0 Å². The topological polar surface area (TPSA) is 0 Å². The Labute approximate surface area is 93.6 Å². The predicted molar refractivity (Wildman–Crippen MR) is 65.1 cm³/mol. The monoisotopic (exact) mass is 228 g/mol. The van der Waals surface area contributed by atoms with Crippen LogP contribution in [0.15, 0.2) is 41.8 Å². The van der Waals surface area contributed by atoms with Gasteiger partial charge in [-0.25, -0.2) is 0 Å². The molecule has 0 amide bonds. The van der Waals surface area contributed by atoms with E-state index in [9.17, 15) is 0 Å². The van der Waals surface area contributed by atoms with Crippen LogP contribution in [0.4, 0.5) is 0 Å². The van der Waals surface area contributed by atoms with E-state index in [1.165, 1.54) is 10.4 Å². The number of benzene rings is 1. The van der Waals surface area contributed by atoms with Crippen molar-refractivity contribution in [2.24, 2.45) is 0 Å². The highest BCUT2D eigenvalue weighted by Gasteiger charge is 1.96. The van der Waals surface area contributed by atoms with Crippen LogP contribution in [0.2, 0.25) is 5.02 Å². The Kier molecular flexibility index (Phi) is 3.85. The molecule has 2 rings (SSSR count). The van der Waals surface area contributed by atoms with Gasteiger partial charge in [-0.15, -0.1) is 11.3 Å². The highest BCUT2D eigenvalue weighted by Crippen LogP contribution is 2.25. The predicted octanol–water partition coefficient (Wildman–Crippen LogP) is 4.18. The smallest absolute Gasteiger partial charge is 0.0406 e. The summed E-state index contributed by atoms with van der Waals surface area (Å²) >= 11 is 7.52. The molecule has 0 bridgehead atoms. The summed E-state index contributed by atoms with van der Waals surface area (Å²) in [5, 5.41) is 2.86. The molecule has 68 valence electrons. The molecule has 1 heterocycles. The highest BCUT2D eigenvalue weighted by molar-refractivity contribution is 7.59. The zero-order valence-electron chi connectivity index (χ0n) is 6.83. The Morgan fingerprint density at radius 1 is 1.00 bits per heavy atom. The standard InChI is InChI=1S/C10H7ClS.H2S/c11-9-5-3-8(4-6-9)10-2-1-7-12-10;/h1-7H;1H2. The van der Waals surface area contributed by atoms with Crippen LogP contribution >= 0.6 is 36.4 Å². The average Bonchev–Trinajstić information content (AvgIpc) is 2.58. The van der Waals surface area contributed by atoms with Gasteiger partial charge in [0.25, 0.3) is 0 Å². The summed E-state index contributed by atoms with van der Waals surface area (Å²) in [6, 6.07) is 12.1. The minimum Gasteiger partial charge on any atom is -0.197 e. The fourth-order valence-electron chi connectivity index (χ4n) is 1.06. The van der Waals surface area contributed by atoms with E-state index < -0.39 is 0 Å². The van der Waals surface area contributed by atoms with Crippen LogP contribution in [0.5, 0.6) is 0 Å². The van der Waals surface area contributed by atoms with Crippen molar-refractivity contribution in [2.75, 3.05) is 0 Å². The quantitative estimate of drug-likeness (QED) is 0.687. The van der Waals surface area contributed by atoms with Crippen molar-refractivity contribution in [3.05, 3.63) is 46.8 Å². The van der Waals surface area contributed by atoms with Crippen molar-refractivity contribution in [1.29, 1.82) is 0 Å². The largest absolute Gasteiger partial charge is 0.197 e. The lowest BCUT2D eigenvalue weighted by molar-refractivity contribution is 1.70. The van der Waals surface area contributed by atoms with Gasteiger partial charge in [-0.2, -0.15) is 13.5 Å². The molecule has 0 nitrogen and oxygen atoms in total. The second-order valence-corrected chi connectivity index (χ2v) is 3.87. The zero-order valence-corrected chi connectivity index (χ0v) is 9.40. The van der Waals surface area contributed by atoms with Crippen molar-refractivity contribution in [1.82, 2.24) is 0 Å². The van der Waals surface area contributed by atoms with Gasteiger partial charge in [0, 0.05) is 9.90 Å². The number of rotatable bonds is 1. The van der Waals surface area contributed by atoms with Gasteiger partial charge >= 0.3 is 0 Å². The van der Waals surface area contributed by atoms with Gasteiger partial charge < -0.3 is 0 Å². The maximum atomic E-state index is 5.78. The Morgan fingerprint density at radius 2 is 1.69 bits per heavy atom. The third-order valence-corrected chi connectivity index (χ3v) is 2.82. The number of hydrogen-bond acceptors (Lipinski definition) is 1.